The van der Waals surface area contributed by atoms with Crippen molar-refractivity contribution in [2.45, 2.75) is 0 Å². The third-order valence-corrected chi connectivity index (χ3v) is 4.49. The minimum atomic E-state index is 0.727. The molecule has 0 bridgehead atoms. The Morgan fingerprint density at radius 1 is 0.739 bits per heavy atom. The second-order valence-corrected chi connectivity index (χ2v) is 5.92. The molecule has 5 aromatic rings. The second kappa shape index (κ2) is 4.61. The van der Waals surface area contributed by atoms with Gasteiger partial charge in [0.2, 0.25) is 5.78 Å². The van der Waals surface area contributed by atoms with Crippen molar-refractivity contribution in [3.05, 3.63) is 77.8 Å². The van der Waals surface area contributed by atoms with E-state index in [4.69, 9.17) is 16.6 Å². The van der Waals surface area contributed by atoms with Crippen molar-refractivity contribution in [2.75, 3.05) is 0 Å². The summed E-state index contributed by atoms with van der Waals surface area (Å²) in [6.07, 6.45) is 0. The minimum absolute atomic E-state index is 0.727. The van der Waals surface area contributed by atoms with E-state index in [0.29, 0.717) is 0 Å². The van der Waals surface area contributed by atoms with Crippen LogP contribution >= 0.6 is 11.6 Å². The Kier molecular flexibility index (Phi) is 2.55. The van der Waals surface area contributed by atoms with Crippen LogP contribution in [0.4, 0.5) is 0 Å². The van der Waals surface area contributed by atoms with Gasteiger partial charge in [-0.3, -0.25) is 8.97 Å². The molecule has 0 aliphatic heterocycles. The number of hydrogen-bond acceptors (Lipinski definition) is 1. The normalized spacial score (nSPS) is 11.7. The first kappa shape index (κ1) is 12.7. The summed E-state index contributed by atoms with van der Waals surface area (Å²) in [5.74, 6) is 0.875. The number of para-hydroxylation sites is 4. The van der Waals surface area contributed by atoms with Gasteiger partial charge in [0, 0.05) is 5.69 Å². The van der Waals surface area contributed by atoms with E-state index in [-0.39, 0.29) is 0 Å². The molecule has 3 nitrogen and oxygen atoms in total. The SMILES string of the molecule is Clc1cccc2c1n1c3ccccc3nc1n2-c1ccccc1. The van der Waals surface area contributed by atoms with Crippen LogP contribution in [0, 0.1) is 0 Å². The molecule has 3 aromatic carbocycles. The Balaban J connectivity index is 2.09. The quantitative estimate of drug-likeness (QED) is 0.422. The first-order valence-electron chi connectivity index (χ1n) is 7.46. The number of nitrogens with zero attached hydrogens (tertiary/aromatic N) is 3. The maximum Gasteiger partial charge on any atom is 0.220 e. The van der Waals surface area contributed by atoms with Gasteiger partial charge in [0.15, 0.2) is 0 Å². The molecule has 0 fully saturated rings. The number of rotatable bonds is 1. The lowest BCUT2D eigenvalue weighted by Crippen LogP contribution is -1.94. The molecule has 2 aromatic heterocycles. The van der Waals surface area contributed by atoms with Crippen LogP contribution < -0.4 is 0 Å². The number of fused-ring (bicyclic) bond motifs is 5. The number of imidazole rings is 2. The Morgan fingerprint density at radius 2 is 1.48 bits per heavy atom. The zero-order valence-electron chi connectivity index (χ0n) is 12.1. The lowest BCUT2D eigenvalue weighted by molar-refractivity contribution is 1.11. The van der Waals surface area contributed by atoms with Gasteiger partial charge in [0.05, 0.1) is 27.1 Å². The van der Waals surface area contributed by atoms with Crippen molar-refractivity contribution in [3.63, 3.8) is 0 Å². The van der Waals surface area contributed by atoms with E-state index in [2.05, 4.69) is 33.2 Å². The molecule has 0 saturated carbocycles. The van der Waals surface area contributed by atoms with E-state index in [1.165, 1.54) is 0 Å². The lowest BCUT2D eigenvalue weighted by atomic mass is 10.2. The first-order chi connectivity index (χ1) is 11.3. The van der Waals surface area contributed by atoms with Crippen molar-refractivity contribution in [1.82, 2.24) is 14.0 Å². The van der Waals surface area contributed by atoms with E-state index >= 15 is 0 Å². The van der Waals surface area contributed by atoms with Crippen LogP contribution in [0.1, 0.15) is 0 Å². The van der Waals surface area contributed by atoms with Gasteiger partial charge in [-0.15, -0.1) is 0 Å². The first-order valence-corrected chi connectivity index (χ1v) is 7.84. The van der Waals surface area contributed by atoms with Gasteiger partial charge in [0.1, 0.15) is 0 Å². The number of aromatic nitrogens is 3. The van der Waals surface area contributed by atoms with Gasteiger partial charge >= 0.3 is 0 Å². The zero-order valence-corrected chi connectivity index (χ0v) is 12.9. The Morgan fingerprint density at radius 3 is 2.35 bits per heavy atom. The molecule has 110 valence electrons. The van der Waals surface area contributed by atoms with Crippen LogP contribution in [0.5, 0.6) is 0 Å². The average Bonchev–Trinajstić information content (AvgIpc) is 3.10. The van der Waals surface area contributed by atoms with Gasteiger partial charge in [-0.25, -0.2) is 4.98 Å². The van der Waals surface area contributed by atoms with Crippen molar-refractivity contribution < 1.29 is 0 Å². The highest BCUT2D eigenvalue weighted by molar-refractivity contribution is 6.35. The van der Waals surface area contributed by atoms with Gasteiger partial charge in [-0.05, 0) is 36.4 Å². The zero-order chi connectivity index (χ0) is 15.4. The molecular weight excluding hydrogens is 306 g/mol. The van der Waals surface area contributed by atoms with Crippen LogP contribution in [0.2, 0.25) is 5.02 Å². The molecule has 0 saturated heterocycles. The maximum absolute atomic E-state index is 6.53. The second-order valence-electron chi connectivity index (χ2n) is 5.51. The van der Waals surface area contributed by atoms with E-state index < -0.39 is 0 Å². The molecule has 0 aliphatic carbocycles. The van der Waals surface area contributed by atoms with E-state index in [1.807, 2.05) is 48.5 Å². The number of halogens is 1. The fourth-order valence-corrected chi connectivity index (χ4v) is 3.48. The van der Waals surface area contributed by atoms with Gasteiger partial charge in [-0.1, -0.05) is 48.0 Å². The van der Waals surface area contributed by atoms with Gasteiger partial charge < -0.3 is 0 Å². The summed E-state index contributed by atoms with van der Waals surface area (Å²) >= 11 is 6.53. The molecule has 0 N–H and O–H groups in total. The van der Waals surface area contributed by atoms with Gasteiger partial charge in [-0.2, -0.15) is 0 Å². The highest BCUT2D eigenvalue weighted by atomic mass is 35.5. The smallest absolute Gasteiger partial charge is 0.220 e. The highest BCUT2D eigenvalue weighted by Crippen LogP contribution is 2.32. The lowest BCUT2D eigenvalue weighted by Gasteiger charge is -2.04. The van der Waals surface area contributed by atoms with E-state index in [1.54, 1.807) is 0 Å². The molecule has 0 unspecified atom stereocenters. The van der Waals surface area contributed by atoms with E-state index in [0.717, 1.165) is 38.6 Å². The fraction of sp³-hybridized carbons (Fsp3) is 0. The molecule has 5 rings (SSSR count). The van der Waals surface area contributed by atoms with Crippen LogP contribution in [-0.4, -0.2) is 14.0 Å². The summed E-state index contributed by atoms with van der Waals surface area (Å²) in [5.41, 5.74) is 5.15. The monoisotopic (exact) mass is 317 g/mol. The number of benzene rings is 3. The van der Waals surface area contributed by atoms with Gasteiger partial charge in [0.25, 0.3) is 0 Å². The summed E-state index contributed by atoms with van der Waals surface area (Å²) in [7, 11) is 0. The molecule has 0 atom stereocenters. The summed E-state index contributed by atoms with van der Waals surface area (Å²) in [6, 6.07) is 24.4. The predicted molar refractivity (Wildman–Crippen MR) is 94.5 cm³/mol. The van der Waals surface area contributed by atoms with Crippen LogP contribution in [-0.2, 0) is 0 Å². The van der Waals surface area contributed by atoms with Crippen LogP contribution in [0.25, 0.3) is 33.5 Å². The van der Waals surface area contributed by atoms with E-state index in [9.17, 15) is 0 Å². The average molecular weight is 318 g/mol. The minimum Gasteiger partial charge on any atom is -0.278 e. The molecule has 2 heterocycles. The summed E-state index contributed by atoms with van der Waals surface area (Å²) in [6.45, 7) is 0. The fourth-order valence-electron chi connectivity index (χ4n) is 3.23. The van der Waals surface area contributed by atoms with Crippen LogP contribution in [0.3, 0.4) is 0 Å². The predicted octanol–water partition coefficient (Wildman–Crippen LogP) is 5.08. The standard InChI is InChI=1S/C19H12ClN3/c20-14-9-6-12-17-18(14)23-16-11-5-4-10-15(16)21-19(23)22(17)13-7-2-1-3-8-13/h1-12H. The third kappa shape index (κ3) is 1.68. The highest BCUT2D eigenvalue weighted by Gasteiger charge is 2.18. The Bertz CT molecular complexity index is 1170. The maximum atomic E-state index is 6.53. The molecular formula is C19H12ClN3. The third-order valence-electron chi connectivity index (χ3n) is 4.19. The Labute approximate surface area is 137 Å². The molecule has 0 radical (unpaired) electrons. The summed E-state index contributed by atoms with van der Waals surface area (Å²) < 4.78 is 4.29. The molecule has 0 spiro atoms. The summed E-state index contributed by atoms with van der Waals surface area (Å²) in [5, 5.41) is 0.727. The van der Waals surface area contributed by atoms with Crippen molar-refractivity contribution >= 4 is 39.4 Å². The molecule has 0 amide bonds. The largest absolute Gasteiger partial charge is 0.278 e. The number of hydrogen-bond donors (Lipinski definition) is 0. The van der Waals surface area contributed by atoms with Crippen molar-refractivity contribution in [2.24, 2.45) is 0 Å². The van der Waals surface area contributed by atoms with Crippen LogP contribution in [0.15, 0.2) is 72.8 Å². The molecule has 0 aliphatic rings. The Hall–Kier alpha value is -2.78. The summed E-state index contributed by atoms with van der Waals surface area (Å²) in [4.78, 5) is 4.84. The molecule has 4 heteroatoms. The van der Waals surface area contributed by atoms with Crippen molar-refractivity contribution in [3.8, 4) is 5.69 Å². The van der Waals surface area contributed by atoms with Crippen molar-refractivity contribution in [1.29, 1.82) is 0 Å². The molecule has 23 heavy (non-hydrogen) atoms. The topological polar surface area (TPSA) is 22.2 Å².